The fraction of sp³-hybridized carbons (Fsp3) is 0.250. The van der Waals surface area contributed by atoms with Gasteiger partial charge in [-0.05, 0) is 41.8 Å². The number of rotatable bonds is 1. The maximum atomic E-state index is 9.39. The normalized spacial score (nSPS) is 18.0. The number of phenols is 1. The zero-order chi connectivity index (χ0) is 12.4. The van der Waals surface area contributed by atoms with Crippen LogP contribution in [0.2, 0.25) is 0 Å². The fourth-order valence-corrected chi connectivity index (χ4v) is 2.69. The number of benzene rings is 2. The van der Waals surface area contributed by atoms with Crippen LogP contribution >= 0.6 is 12.4 Å². The third kappa shape index (κ3) is 2.91. The van der Waals surface area contributed by atoms with Gasteiger partial charge < -0.3 is 10.4 Å². The van der Waals surface area contributed by atoms with Gasteiger partial charge in [-0.1, -0.05) is 36.4 Å². The van der Waals surface area contributed by atoms with Crippen LogP contribution < -0.4 is 5.32 Å². The van der Waals surface area contributed by atoms with Gasteiger partial charge in [0.25, 0.3) is 0 Å². The first kappa shape index (κ1) is 13.9. The maximum absolute atomic E-state index is 9.39. The molecule has 1 atom stereocenters. The molecular weight excluding hydrogens is 258 g/mol. The van der Waals surface area contributed by atoms with Crippen molar-refractivity contribution in [1.82, 2.24) is 5.32 Å². The molecule has 2 N–H and O–H groups in total. The summed E-state index contributed by atoms with van der Waals surface area (Å²) in [6.45, 7) is 1.99. The summed E-state index contributed by atoms with van der Waals surface area (Å²) in [5, 5.41) is 12.9. The lowest BCUT2D eigenvalue weighted by Crippen LogP contribution is -2.20. The smallest absolute Gasteiger partial charge is 0.115 e. The van der Waals surface area contributed by atoms with Crippen LogP contribution in [0, 0.1) is 0 Å². The van der Waals surface area contributed by atoms with Crippen molar-refractivity contribution < 1.29 is 5.11 Å². The lowest BCUT2D eigenvalue weighted by atomic mass is 9.88. The second-order valence-corrected chi connectivity index (χ2v) is 4.80. The summed E-state index contributed by atoms with van der Waals surface area (Å²) in [6, 6.07) is 16.2. The van der Waals surface area contributed by atoms with Crippen molar-refractivity contribution in [2.45, 2.75) is 12.3 Å². The van der Waals surface area contributed by atoms with Crippen molar-refractivity contribution in [3.05, 3.63) is 65.2 Å². The van der Waals surface area contributed by atoms with Gasteiger partial charge >= 0.3 is 0 Å². The van der Waals surface area contributed by atoms with Gasteiger partial charge in [0, 0.05) is 12.5 Å². The molecule has 1 aliphatic heterocycles. The van der Waals surface area contributed by atoms with Gasteiger partial charge in [0.1, 0.15) is 5.75 Å². The summed E-state index contributed by atoms with van der Waals surface area (Å²) in [4.78, 5) is 0. The lowest BCUT2D eigenvalue weighted by Gasteiger charge is -2.18. The summed E-state index contributed by atoms with van der Waals surface area (Å²) in [6.07, 6.45) is 1.09. The molecule has 2 aromatic carbocycles. The van der Waals surface area contributed by atoms with Gasteiger partial charge in [-0.3, -0.25) is 0 Å². The van der Waals surface area contributed by atoms with E-state index in [0.717, 1.165) is 19.5 Å². The number of hydrogen-bond acceptors (Lipinski definition) is 2. The van der Waals surface area contributed by atoms with Gasteiger partial charge in [0.05, 0.1) is 0 Å². The van der Waals surface area contributed by atoms with Crippen molar-refractivity contribution in [2.24, 2.45) is 0 Å². The topological polar surface area (TPSA) is 32.3 Å². The molecule has 0 aliphatic carbocycles. The van der Waals surface area contributed by atoms with Crippen LogP contribution in [0.3, 0.4) is 0 Å². The summed E-state index contributed by atoms with van der Waals surface area (Å²) < 4.78 is 0. The van der Waals surface area contributed by atoms with E-state index < -0.39 is 0 Å². The number of hydrogen-bond donors (Lipinski definition) is 2. The molecule has 0 aromatic heterocycles. The molecule has 2 nitrogen and oxygen atoms in total. The second kappa shape index (κ2) is 6.09. The summed E-state index contributed by atoms with van der Waals surface area (Å²) in [5.74, 6) is 0.706. The Hall–Kier alpha value is -1.51. The molecule has 3 heteroatoms. The average molecular weight is 276 g/mol. The van der Waals surface area contributed by atoms with Crippen LogP contribution in [0.4, 0.5) is 0 Å². The monoisotopic (exact) mass is 275 g/mol. The van der Waals surface area contributed by atoms with E-state index in [9.17, 15) is 5.11 Å². The van der Waals surface area contributed by atoms with Crippen molar-refractivity contribution in [3.63, 3.8) is 0 Å². The SMILES string of the molecule is Cl.Oc1ccc(C2CNCCc3ccccc32)cc1. The Kier molecular flexibility index (Phi) is 4.46. The molecule has 3 rings (SSSR count). The predicted molar refractivity (Wildman–Crippen MR) is 80.2 cm³/mol. The first-order valence-corrected chi connectivity index (χ1v) is 6.42. The van der Waals surface area contributed by atoms with Crippen LogP contribution in [0.1, 0.15) is 22.6 Å². The van der Waals surface area contributed by atoms with Crippen molar-refractivity contribution in [1.29, 1.82) is 0 Å². The van der Waals surface area contributed by atoms with Crippen LogP contribution in [0.15, 0.2) is 48.5 Å². The first-order chi connectivity index (χ1) is 8.84. The third-order valence-corrected chi connectivity index (χ3v) is 3.65. The Morgan fingerprint density at radius 3 is 2.53 bits per heavy atom. The quantitative estimate of drug-likeness (QED) is 0.838. The van der Waals surface area contributed by atoms with Gasteiger partial charge in [-0.15, -0.1) is 12.4 Å². The van der Waals surface area contributed by atoms with Crippen molar-refractivity contribution >= 4 is 12.4 Å². The standard InChI is InChI=1S/C16H17NO.ClH/c18-14-7-5-13(6-8-14)16-11-17-10-9-12-3-1-2-4-15(12)16;/h1-8,16-18H,9-11H2;1H. The number of fused-ring (bicyclic) bond motifs is 1. The van der Waals surface area contributed by atoms with E-state index in [1.54, 1.807) is 12.1 Å². The molecule has 2 aromatic rings. The maximum Gasteiger partial charge on any atom is 0.115 e. The molecule has 1 aliphatic rings. The molecule has 0 fully saturated rings. The molecule has 0 bridgehead atoms. The Morgan fingerprint density at radius 2 is 1.74 bits per heavy atom. The molecule has 1 unspecified atom stereocenters. The predicted octanol–water partition coefficient (Wildman–Crippen LogP) is 3.09. The summed E-state index contributed by atoms with van der Waals surface area (Å²) in [7, 11) is 0. The second-order valence-electron chi connectivity index (χ2n) is 4.80. The minimum atomic E-state index is 0. The Morgan fingerprint density at radius 1 is 1.00 bits per heavy atom. The van der Waals surface area contributed by atoms with Gasteiger partial charge in [0.2, 0.25) is 0 Å². The van der Waals surface area contributed by atoms with E-state index in [0.29, 0.717) is 11.7 Å². The van der Waals surface area contributed by atoms with Gasteiger partial charge in [-0.2, -0.15) is 0 Å². The van der Waals surface area contributed by atoms with E-state index >= 15 is 0 Å². The molecule has 19 heavy (non-hydrogen) atoms. The van der Waals surface area contributed by atoms with Crippen LogP contribution in [-0.4, -0.2) is 18.2 Å². The van der Waals surface area contributed by atoms with Crippen LogP contribution in [0.5, 0.6) is 5.75 Å². The summed E-state index contributed by atoms with van der Waals surface area (Å²) >= 11 is 0. The Bertz CT molecular complexity index is 539. The Balaban J connectivity index is 0.00000133. The minimum Gasteiger partial charge on any atom is -0.508 e. The highest BCUT2D eigenvalue weighted by molar-refractivity contribution is 5.85. The largest absolute Gasteiger partial charge is 0.508 e. The minimum absolute atomic E-state index is 0. The van der Waals surface area contributed by atoms with E-state index in [4.69, 9.17) is 0 Å². The third-order valence-electron chi connectivity index (χ3n) is 3.65. The van der Waals surface area contributed by atoms with Crippen LogP contribution in [0.25, 0.3) is 0 Å². The molecule has 0 amide bonds. The molecule has 0 spiro atoms. The molecule has 0 radical (unpaired) electrons. The number of aromatic hydroxyl groups is 1. The molecule has 0 saturated heterocycles. The first-order valence-electron chi connectivity index (χ1n) is 6.42. The average Bonchev–Trinajstić information content (AvgIpc) is 2.62. The molecule has 1 heterocycles. The highest BCUT2D eigenvalue weighted by Crippen LogP contribution is 2.29. The number of phenolic OH excluding ortho intramolecular Hbond substituents is 1. The molecule has 100 valence electrons. The summed E-state index contributed by atoms with van der Waals surface area (Å²) in [5.41, 5.74) is 4.10. The lowest BCUT2D eigenvalue weighted by molar-refractivity contribution is 0.475. The van der Waals surface area contributed by atoms with E-state index in [-0.39, 0.29) is 12.4 Å². The van der Waals surface area contributed by atoms with Gasteiger partial charge in [-0.25, -0.2) is 0 Å². The van der Waals surface area contributed by atoms with Crippen LogP contribution in [-0.2, 0) is 6.42 Å². The van der Waals surface area contributed by atoms with E-state index in [1.165, 1.54) is 16.7 Å². The highest BCUT2D eigenvalue weighted by atomic mass is 35.5. The number of halogens is 1. The molecule has 0 saturated carbocycles. The van der Waals surface area contributed by atoms with E-state index in [1.807, 2.05) is 12.1 Å². The fourth-order valence-electron chi connectivity index (χ4n) is 2.69. The molecular formula is C16H18ClNO. The zero-order valence-electron chi connectivity index (χ0n) is 10.7. The van der Waals surface area contributed by atoms with Crippen molar-refractivity contribution in [2.75, 3.05) is 13.1 Å². The number of nitrogens with one attached hydrogen (secondary N) is 1. The van der Waals surface area contributed by atoms with Gasteiger partial charge in [0.15, 0.2) is 0 Å². The van der Waals surface area contributed by atoms with Crippen molar-refractivity contribution in [3.8, 4) is 5.75 Å². The van der Waals surface area contributed by atoms with E-state index in [2.05, 4.69) is 29.6 Å². The zero-order valence-corrected chi connectivity index (χ0v) is 11.5. The highest BCUT2D eigenvalue weighted by Gasteiger charge is 2.19. The Labute approximate surface area is 119 Å².